The van der Waals surface area contributed by atoms with Crippen molar-refractivity contribution in [3.8, 4) is 23.0 Å². The van der Waals surface area contributed by atoms with Gasteiger partial charge in [0.15, 0.2) is 0 Å². The molecule has 2 heterocycles. The van der Waals surface area contributed by atoms with E-state index in [9.17, 15) is 10.1 Å². The first-order valence-electron chi connectivity index (χ1n) is 13.2. The van der Waals surface area contributed by atoms with Crippen molar-refractivity contribution in [1.82, 2.24) is 29.7 Å². The van der Waals surface area contributed by atoms with Crippen molar-refractivity contribution in [2.45, 2.75) is 33.1 Å². The summed E-state index contributed by atoms with van der Waals surface area (Å²) >= 11 is 0. The fourth-order valence-electron chi connectivity index (χ4n) is 4.26. The number of likely N-dealkylation sites (N-methyl/N-ethyl adjacent to an activating group) is 2. The van der Waals surface area contributed by atoms with Crippen LogP contribution in [0.4, 0.5) is 11.4 Å². The number of amides is 1. The van der Waals surface area contributed by atoms with E-state index in [1.54, 1.807) is 21.6 Å². The minimum absolute atomic E-state index is 0.251. The number of rotatable bonds is 9. The second-order valence-electron chi connectivity index (χ2n) is 11.0. The molecular formula is C30H37N9O. The Hall–Kier alpha value is -4.49. The maximum Gasteiger partial charge on any atom is 0.255 e. The molecule has 0 saturated carbocycles. The van der Waals surface area contributed by atoms with Gasteiger partial charge in [-0.15, -0.1) is 5.10 Å². The van der Waals surface area contributed by atoms with E-state index in [0.717, 1.165) is 46.8 Å². The van der Waals surface area contributed by atoms with Crippen LogP contribution in [0.1, 0.15) is 41.0 Å². The van der Waals surface area contributed by atoms with E-state index < -0.39 is 5.41 Å². The Kier molecular flexibility index (Phi) is 8.07. The second-order valence-corrected chi connectivity index (χ2v) is 11.0. The highest BCUT2D eigenvalue weighted by atomic mass is 16.1. The fourth-order valence-corrected chi connectivity index (χ4v) is 4.26. The monoisotopic (exact) mass is 539 g/mol. The third-order valence-corrected chi connectivity index (χ3v) is 7.22. The Morgan fingerprint density at radius 2 is 1.85 bits per heavy atom. The van der Waals surface area contributed by atoms with E-state index in [0.29, 0.717) is 16.9 Å². The van der Waals surface area contributed by atoms with Gasteiger partial charge >= 0.3 is 0 Å². The summed E-state index contributed by atoms with van der Waals surface area (Å²) in [6, 6.07) is 13.7. The molecular weight excluding hydrogens is 502 g/mol. The number of nitrogens with one attached hydrogen (secondary N) is 1. The molecule has 0 atom stereocenters. The quantitative estimate of drug-likeness (QED) is 0.337. The second kappa shape index (κ2) is 11.3. The normalized spacial score (nSPS) is 11.5. The Morgan fingerprint density at radius 3 is 2.50 bits per heavy atom. The molecule has 0 saturated heterocycles. The zero-order chi connectivity index (χ0) is 29.2. The van der Waals surface area contributed by atoms with Crippen LogP contribution in [0.2, 0.25) is 0 Å². The van der Waals surface area contributed by atoms with E-state index in [2.05, 4.69) is 36.6 Å². The minimum atomic E-state index is -0.716. The number of nitriles is 1. The van der Waals surface area contributed by atoms with Crippen molar-refractivity contribution in [2.75, 3.05) is 44.4 Å². The van der Waals surface area contributed by atoms with Gasteiger partial charge in [0.05, 0.1) is 29.6 Å². The average Bonchev–Trinajstić information content (AvgIpc) is 3.53. The molecule has 1 N–H and O–H groups in total. The zero-order valence-corrected chi connectivity index (χ0v) is 24.5. The van der Waals surface area contributed by atoms with Crippen LogP contribution in [0.25, 0.3) is 16.9 Å². The van der Waals surface area contributed by atoms with Gasteiger partial charge in [-0.1, -0.05) is 11.3 Å². The van der Waals surface area contributed by atoms with Gasteiger partial charge < -0.3 is 15.1 Å². The van der Waals surface area contributed by atoms with E-state index in [4.69, 9.17) is 0 Å². The average molecular weight is 540 g/mol. The number of anilines is 2. The Balaban J connectivity index is 1.63. The Bertz CT molecular complexity index is 1570. The summed E-state index contributed by atoms with van der Waals surface area (Å²) in [6.45, 7) is 9.39. The van der Waals surface area contributed by atoms with Crippen LogP contribution >= 0.6 is 0 Å². The Labute approximate surface area is 235 Å². The number of carbonyl (C=O) groups excluding carboxylic acids is 1. The van der Waals surface area contributed by atoms with Crippen LogP contribution in [0.5, 0.6) is 0 Å². The Morgan fingerprint density at radius 1 is 1.10 bits per heavy atom. The predicted octanol–water partition coefficient (Wildman–Crippen LogP) is 4.34. The molecule has 1 amide bonds. The summed E-state index contributed by atoms with van der Waals surface area (Å²) in [5.41, 5.74) is 6.51. The smallest absolute Gasteiger partial charge is 0.255 e. The summed E-state index contributed by atoms with van der Waals surface area (Å²) < 4.78 is 3.48. The molecule has 208 valence electrons. The minimum Gasteiger partial charge on any atom is -0.373 e. The molecule has 4 aromatic rings. The molecule has 10 nitrogen and oxygen atoms in total. The van der Waals surface area contributed by atoms with Crippen molar-refractivity contribution in [1.29, 1.82) is 5.26 Å². The fraction of sp³-hybridized carbons (Fsp3) is 0.367. The number of benzene rings is 2. The summed E-state index contributed by atoms with van der Waals surface area (Å²) in [5, 5.41) is 25.8. The molecule has 0 radical (unpaired) electrons. The maximum absolute atomic E-state index is 13.5. The summed E-state index contributed by atoms with van der Waals surface area (Å²) in [6.07, 6.45) is 3.62. The van der Waals surface area contributed by atoms with Gasteiger partial charge in [-0.2, -0.15) is 10.4 Å². The highest BCUT2D eigenvalue weighted by Gasteiger charge is 2.22. The van der Waals surface area contributed by atoms with Gasteiger partial charge in [-0.3, -0.25) is 9.48 Å². The lowest BCUT2D eigenvalue weighted by Crippen LogP contribution is -2.29. The van der Waals surface area contributed by atoms with E-state index >= 15 is 0 Å². The number of hydrogen-bond donors (Lipinski definition) is 1. The van der Waals surface area contributed by atoms with Gasteiger partial charge in [-0.25, -0.2) is 4.68 Å². The van der Waals surface area contributed by atoms with Crippen LogP contribution in [0.3, 0.4) is 0 Å². The van der Waals surface area contributed by atoms with Crippen LogP contribution in [0.15, 0.2) is 48.8 Å². The third kappa shape index (κ3) is 6.05. The van der Waals surface area contributed by atoms with Crippen molar-refractivity contribution >= 4 is 17.3 Å². The SMILES string of the molecule is Cc1ccc(C(=O)Nc2cc(N(C)CCN(C)C)cc(C(C)(C)C#N)c2)cc1-n1cc(-c2cnn(C)c2C)nn1. The number of aryl methyl sites for hydroxylation is 2. The topological polar surface area (TPSA) is 108 Å². The first-order chi connectivity index (χ1) is 18.9. The molecule has 2 aromatic heterocycles. The molecule has 0 unspecified atom stereocenters. The van der Waals surface area contributed by atoms with Gasteiger partial charge in [-0.05, 0) is 83.2 Å². The number of nitrogens with zero attached hydrogens (tertiary/aromatic N) is 8. The van der Waals surface area contributed by atoms with Crippen LogP contribution in [-0.2, 0) is 12.5 Å². The van der Waals surface area contributed by atoms with E-state index in [1.807, 2.05) is 92.4 Å². The van der Waals surface area contributed by atoms with Gasteiger partial charge in [0.2, 0.25) is 0 Å². The lowest BCUT2D eigenvalue weighted by atomic mass is 9.85. The predicted molar refractivity (Wildman–Crippen MR) is 158 cm³/mol. The van der Waals surface area contributed by atoms with Crippen molar-refractivity contribution in [2.24, 2.45) is 7.05 Å². The first kappa shape index (κ1) is 28.5. The number of aromatic nitrogens is 5. The van der Waals surface area contributed by atoms with Crippen LogP contribution < -0.4 is 10.2 Å². The van der Waals surface area contributed by atoms with Gasteiger partial charge in [0, 0.05) is 55.4 Å². The van der Waals surface area contributed by atoms with E-state index in [-0.39, 0.29) is 5.91 Å². The summed E-state index contributed by atoms with van der Waals surface area (Å²) in [7, 11) is 7.96. The van der Waals surface area contributed by atoms with Gasteiger partial charge in [0.25, 0.3) is 5.91 Å². The summed E-state index contributed by atoms with van der Waals surface area (Å²) in [4.78, 5) is 17.7. The molecule has 2 aromatic carbocycles. The van der Waals surface area contributed by atoms with Crippen LogP contribution in [-0.4, -0.2) is 69.8 Å². The molecule has 0 aliphatic heterocycles. The van der Waals surface area contributed by atoms with Crippen LogP contribution in [0, 0.1) is 25.2 Å². The largest absolute Gasteiger partial charge is 0.373 e. The van der Waals surface area contributed by atoms with E-state index in [1.165, 1.54) is 0 Å². The summed E-state index contributed by atoms with van der Waals surface area (Å²) in [5.74, 6) is -0.251. The molecule has 0 spiro atoms. The molecule has 40 heavy (non-hydrogen) atoms. The standard InChI is InChI=1S/C30H37N9O/c1-20-9-10-22(13-28(20)39-18-27(34-35-39)26-17-32-38(8)21(26)2)29(40)33-24-14-23(30(3,4)19-31)15-25(16-24)37(7)12-11-36(5)6/h9-10,13-18H,11-12H2,1-8H3,(H,33,40). The highest BCUT2D eigenvalue weighted by molar-refractivity contribution is 6.05. The molecule has 0 fully saturated rings. The van der Waals surface area contributed by atoms with Crippen molar-refractivity contribution in [3.05, 3.63) is 71.2 Å². The van der Waals surface area contributed by atoms with Crippen molar-refractivity contribution < 1.29 is 4.79 Å². The van der Waals surface area contributed by atoms with Crippen molar-refractivity contribution in [3.63, 3.8) is 0 Å². The molecule has 0 aliphatic rings. The van der Waals surface area contributed by atoms with Gasteiger partial charge in [0.1, 0.15) is 5.69 Å². The molecule has 10 heteroatoms. The highest BCUT2D eigenvalue weighted by Crippen LogP contribution is 2.31. The number of hydrogen-bond acceptors (Lipinski definition) is 7. The molecule has 4 rings (SSSR count). The molecule has 0 bridgehead atoms. The lowest BCUT2D eigenvalue weighted by Gasteiger charge is -2.25. The first-order valence-corrected chi connectivity index (χ1v) is 13.2. The third-order valence-electron chi connectivity index (χ3n) is 7.22. The zero-order valence-electron chi connectivity index (χ0n) is 24.5. The maximum atomic E-state index is 13.5. The molecule has 0 aliphatic carbocycles. The number of carbonyl (C=O) groups is 1. The lowest BCUT2D eigenvalue weighted by molar-refractivity contribution is 0.102.